The second-order valence-electron chi connectivity index (χ2n) is 15.9. The van der Waals surface area contributed by atoms with Gasteiger partial charge in [-0.2, -0.15) is 0 Å². The van der Waals surface area contributed by atoms with Crippen molar-refractivity contribution >= 4 is 11.0 Å². The number of hydrogen-bond acceptors (Lipinski definition) is 3. The van der Waals surface area contributed by atoms with Crippen molar-refractivity contribution in [3.05, 3.63) is 167 Å². The molecule has 61 heavy (non-hydrogen) atoms. The van der Waals surface area contributed by atoms with Crippen molar-refractivity contribution in [1.82, 2.24) is 14.5 Å². The number of imidazole rings is 1. The number of pyridine rings is 1. The minimum Gasteiger partial charge on any atom is -0.507 e. The van der Waals surface area contributed by atoms with Crippen molar-refractivity contribution in [3.8, 4) is 67.5 Å². The van der Waals surface area contributed by atoms with Gasteiger partial charge in [-0.3, -0.25) is 9.55 Å². The van der Waals surface area contributed by atoms with Crippen molar-refractivity contribution in [3.63, 3.8) is 0 Å². The maximum absolute atomic E-state index is 12.9. The molecule has 0 spiro atoms. The Kier molecular flexibility index (Phi) is 6.04. The number of hydrogen-bond donors (Lipinski definition) is 1. The monoisotopic (exact) mass is 1010 g/mol. The summed E-state index contributed by atoms with van der Waals surface area (Å²) in [7, 11) is 0. The molecule has 2 heterocycles. The number of benzene rings is 6. The van der Waals surface area contributed by atoms with Gasteiger partial charge < -0.3 is 5.11 Å². The van der Waals surface area contributed by atoms with Gasteiger partial charge in [0.15, 0.2) is 0 Å². The van der Waals surface area contributed by atoms with Crippen LogP contribution in [0.4, 0.5) is 0 Å². The molecule has 0 saturated heterocycles. The van der Waals surface area contributed by atoms with Crippen LogP contribution in [0.3, 0.4) is 0 Å². The van der Waals surface area contributed by atoms with Crippen molar-refractivity contribution in [2.24, 2.45) is 0 Å². The predicted molar refractivity (Wildman–Crippen MR) is 252 cm³/mol. The van der Waals surface area contributed by atoms with Gasteiger partial charge in [0.25, 0.3) is 0 Å². The van der Waals surface area contributed by atoms with Crippen LogP contribution in [0.15, 0.2) is 134 Å². The topological polar surface area (TPSA) is 50.9 Å². The molecule has 0 atom stereocenters. The third-order valence-electron chi connectivity index (χ3n) is 10.5. The summed E-state index contributed by atoms with van der Waals surface area (Å²) in [5.41, 5.74) is -8.66. The average molecular weight is 1010 g/mol. The summed E-state index contributed by atoms with van der Waals surface area (Å²) < 4.78 is 208. The zero-order valence-corrected chi connectivity index (χ0v) is 35.6. The molecule has 4 nitrogen and oxygen atoms in total. The number of phenolic OH excluding ortho intramolecular Hbond substituents is 1. The Morgan fingerprint density at radius 2 is 1.34 bits per heavy atom. The van der Waals surface area contributed by atoms with E-state index in [1.165, 1.54) is 41.0 Å². The predicted octanol–water partition coefficient (Wildman–Crippen LogP) is 14.8. The minimum absolute atomic E-state index is 0. The summed E-state index contributed by atoms with van der Waals surface area (Å²) in [5, 5.41) is 12.9. The molecule has 0 fully saturated rings. The fourth-order valence-electron chi connectivity index (χ4n) is 7.31. The zero-order valence-electron chi connectivity index (χ0n) is 57.3. The third kappa shape index (κ3) is 8.66. The number of aryl methyl sites for hydroxylation is 2. The van der Waals surface area contributed by atoms with Gasteiger partial charge in [-0.1, -0.05) is 164 Å². The molecule has 0 bridgehead atoms. The summed E-state index contributed by atoms with van der Waals surface area (Å²) in [5.74, 6) is -2.12. The Morgan fingerprint density at radius 3 is 2.05 bits per heavy atom. The van der Waals surface area contributed by atoms with Crippen molar-refractivity contribution < 1.29 is 59.1 Å². The maximum Gasteiger partial charge on any atom is 0.148 e. The van der Waals surface area contributed by atoms with Gasteiger partial charge in [-0.25, -0.2) is 4.98 Å². The van der Waals surface area contributed by atoms with Crippen LogP contribution in [-0.2, 0) is 37.3 Å². The van der Waals surface area contributed by atoms with Gasteiger partial charge in [-0.05, 0) is 93.7 Å². The number of para-hydroxylation sites is 1. The van der Waals surface area contributed by atoms with Crippen LogP contribution in [-0.4, -0.2) is 19.6 Å². The zero-order chi connectivity index (χ0) is 62.7. The Balaban J connectivity index is 0.0000104. The van der Waals surface area contributed by atoms with Crippen molar-refractivity contribution in [1.29, 1.82) is 0 Å². The molecular weight excluding hydrogens is 926 g/mol. The van der Waals surface area contributed by atoms with Crippen molar-refractivity contribution in [2.75, 3.05) is 0 Å². The van der Waals surface area contributed by atoms with Gasteiger partial charge in [0.2, 0.25) is 0 Å². The molecule has 0 radical (unpaired) electrons. The smallest absolute Gasteiger partial charge is 0.148 e. The molecule has 0 unspecified atom stereocenters. The number of aromatic nitrogens is 3. The molecule has 8 rings (SSSR count). The van der Waals surface area contributed by atoms with E-state index >= 15 is 0 Å². The van der Waals surface area contributed by atoms with Crippen molar-refractivity contribution in [2.45, 2.75) is 91.8 Å². The number of phenols is 1. The van der Waals surface area contributed by atoms with E-state index in [0.717, 1.165) is 5.56 Å². The molecule has 0 amide bonds. The van der Waals surface area contributed by atoms with Gasteiger partial charge in [0.1, 0.15) is 11.6 Å². The first kappa shape index (κ1) is 22.5. The van der Waals surface area contributed by atoms with E-state index < -0.39 is 99.3 Å². The van der Waals surface area contributed by atoms with E-state index in [9.17, 15) is 5.11 Å². The van der Waals surface area contributed by atoms with E-state index in [2.05, 4.69) is 11.1 Å². The molecule has 1 N–H and O–H groups in total. The van der Waals surface area contributed by atoms with E-state index in [-0.39, 0.29) is 66.1 Å². The summed E-state index contributed by atoms with van der Waals surface area (Å²) in [6, 6.07) is 35.1. The van der Waals surface area contributed by atoms with E-state index in [4.69, 9.17) is 37.9 Å². The van der Waals surface area contributed by atoms with E-state index in [0.29, 0.717) is 39.6 Å². The van der Waals surface area contributed by atoms with Crippen LogP contribution >= 0.6 is 0 Å². The Hall–Kier alpha value is -5.57. The second kappa shape index (κ2) is 16.4. The SMILES string of the molecule is [2H]C([2H])([2H])c1ccc(-c2ccnc(-c3[c-]c(-c4cccc5c4nc(-c4cc(C(C([2H])([2H])[2H])(C([2H])([2H])[2H])C([2H])([2H])[2H])cc(C(C([2H])([2H])[2H])(C([2H])([2H])[2H])C([2H])([2H])[2H])c4O)n5-c4ccc(-c5ccccc5)c(C([2H])([2H])[2H])c4)cc(C(C)(C)C)c3)c2)cc1.[Pt]. The molecule has 0 aliphatic heterocycles. The average Bonchev–Trinajstić information content (AvgIpc) is 1.11. The minimum atomic E-state index is -4.23. The summed E-state index contributed by atoms with van der Waals surface area (Å²) in [6.07, 6.45) is 1.57. The van der Waals surface area contributed by atoms with Crippen LogP contribution < -0.4 is 0 Å². The molecule has 312 valence electrons. The molecule has 0 aliphatic carbocycles. The molecule has 5 heteroatoms. The molecule has 6 aromatic carbocycles. The maximum atomic E-state index is 12.9. The molecule has 2 aromatic heterocycles. The molecule has 0 saturated carbocycles. The number of fused-ring (bicyclic) bond motifs is 1. The van der Waals surface area contributed by atoms with Gasteiger partial charge in [-0.15, -0.1) is 29.3 Å². The summed E-state index contributed by atoms with van der Waals surface area (Å²) >= 11 is 0. The van der Waals surface area contributed by atoms with Gasteiger partial charge in [0.05, 0.1) is 16.6 Å². The van der Waals surface area contributed by atoms with Gasteiger partial charge >= 0.3 is 0 Å². The quantitative estimate of drug-likeness (QED) is 0.169. The Labute approximate surface area is 410 Å². The standard InChI is InChI=1S/C56H56N3O.Pt/c1-35-20-22-37(23-21-35)39-26-27-57-49(32-39)41-29-40(30-42(31-41)54(3,4)5)46-18-15-19-50-51(46)58-53(47-33-43(55(6,7)8)34-48(52(47)60)56(9,10)11)59(50)44-24-25-45(36(2)28-44)38-16-13-12-14-17-38;/h12-28,30-34,60H,1-11H3;/q-1;/i1D3,2D3,6D3,7D3,8D3,9D3,10D3,11D3;. The number of nitrogens with zero attached hydrogens (tertiary/aromatic N) is 3. The van der Waals surface area contributed by atoms with Crippen LogP contribution in [0.2, 0.25) is 0 Å². The second-order valence-corrected chi connectivity index (χ2v) is 15.9. The molecule has 8 aromatic rings. The van der Waals surface area contributed by atoms with Crippen LogP contribution in [0.25, 0.3) is 72.7 Å². The van der Waals surface area contributed by atoms with Crippen LogP contribution in [0.5, 0.6) is 5.75 Å². The molecule has 0 aliphatic rings. The van der Waals surface area contributed by atoms with E-state index in [1.807, 2.05) is 26.8 Å². The Bertz CT molecular complexity index is 3710. The van der Waals surface area contributed by atoms with E-state index in [1.54, 1.807) is 79.0 Å². The summed E-state index contributed by atoms with van der Waals surface area (Å²) in [6.45, 7) is -24.4. The first-order valence-electron chi connectivity index (χ1n) is 31.0. The summed E-state index contributed by atoms with van der Waals surface area (Å²) in [4.78, 5) is 9.68. The first-order valence-corrected chi connectivity index (χ1v) is 19.0. The van der Waals surface area contributed by atoms with Crippen LogP contribution in [0, 0.1) is 19.8 Å². The fourth-order valence-corrected chi connectivity index (χ4v) is 7.31. The number of aromatic hydroxyl groups is 1. The molecular formula is C56H56N3OPt-. The largest absolute Gasteiger partial charge is 0.507 e. The van der Waals surface area contributed by atoms with Gasteiger partial charge in [0, 0.05) is 77.1 Å². The first-order chi connectivity index (χ1) is 38.3. The van der Waals surface area contributed by atoms with Crippen LogP contribution in [0.1, 0.15) is 123 Å². The number of rotatable bonds is 6. The normalized spacial score (nSPS) is 19.6. The Morgan fingerprint density at radius 1 is 0.607 bits per heavy atom. The fraction of sp³-hybridized carbons (Fsp3) is 0.250. The third-order valence-corrected chi connectivity index (χ3v) is 10.5.